The standard InChI is InChI=1S/C16H28N4O9/c1-3-7(2)12(15(27)19-10(6-22)16(28)29)20-14(26)9(5-21)18-13(25)8(17)4-11(23)24/h7-10,12,21-22H,3-6,17H2,1-2H3,(H,18,25)(H,19,27)(H,20,26)(H,23,24)(H,28,29). The summed E-state index contributed by atoms with van der Waals surface area (Å²) < 4.78 is 0. The van der Waals surface area contributed by atoms with Gasteiger partial charge in [-0.15, -0.1) is 0 Å². The lowest BCUT2D eigenvalue weighted by atomic mass is 9.97. The number of aliphatic carboxylic acids is 2. The lowest BCUT2D eigenvalue weighted by Crippen LogP contribution is -2.59. The number of rotatable bonds is 13. The number of hydrogen-bond donors (Lipinski definition) is 8. The molecule has 0 fully saturated rings. The van der Waals surface area contributed by atoms with E-state index in [-0.39, 0.29) is 0 Å². The third-order valence-electron chi connectivity index (χ3n) is 4.14. The second-order valence-electron chi connectivity index (χ2n) is 6.40. The molecule has 9 N–H and O–H groups in total. The fourth-order valence-corrected chi connectivity index (χ4v) is 2.16. The largest absolute Gasteiger partial charge is 0.481 e. The molecule has 0 bridgehead atoms. The lowest BCUT2D eigenvalue weighted by Gasteiger charge is -2.27. The molecule has 0 spiro atoms. The quantitative estimate of drug-likeness (QED) is 0.146. The minimum Gasteiger partial charge on any atom is -0.481 e. The molecule has 0 radical (unpaired) electrons. The number of nitrogens with one attached hydrogen (secondary N) is 3. The van der Waals surface area contributed by atoms with Crippen molar-refractivity contribution >= 4 is 29.7 Å². The molecular weight excluding hydrogens is 392 g/mol. The van der Waals surface area contributed by atoms with Crippen molar-refractivity contribution in [2.75, 3.05) is 13.2 Å². The summed E-state index contributed by atoms with van der Waals surface area (Å²) in [6.07, 6.45) is -0.282. The van der Waals surface area contributed by atoms with Crippen LogP contribution in [-0.2, 0) is 24.0 Å². The molecule has 0 saturated heterocycles. The van der Waals surface area contributed by atoms with Crippen LogP contribution in [0, 0.1) is 5.92 Å². The van der Waals surface area contributed by atoms with Crippen molar-refractivity contribution in [1.82, 2.24) is 16.0 Å². The fourth-order valence-electron chi connectivity index (χ4n) is 2.16. The van der Waals surface area contributed by atoms with Gasteiger partial charge in [-0.1, -0.05) is 20.3 Å². The van der Waals surface area contributed by atoms with Crippen molar-refractivity contribution in [3.8, 4) is 0 Å². The number of carbonyl (C=O) groups excluding carboxylic acids is 3. The molecule has 0 heterocycles. The van der Waals surface area contributed by atoms with Gasteiger partial charge in [0, 0.05) is 0 Å². The van der Waals surface area contributed by atoms with Gasteiger partial charge in [0.15, 0.2) is 0 Å². The van der Waals surface area contributed by atoms with Crippen LogP contribution >= 0.6 is 0 Å². The van der Waals surface area contributed by atoms with Crippen LogP contribution in [0.3, 0.4) is 0 Å². The molecule has 0 aromatic carbocycles. The highest BCUT2D eigenvalue weighted by Gasteiger charge is 2.32. The summed E-state index contributed by atoms with van der Waals surface area (Å²) >= 11 is 0. The average molecular weight is 420 g/mol. The Hall–Kier alpha value is -2.77. The number of carbonyl (C=O) groups is 5. The van der Waals surface area contributed by atoms with E-state index < -0.39 is 79.4 Å². The predicted octanol–water partition coefficient (Wildman–Crippen LogP) is -3.64. The molecule has 13 heteroatoms. The van der Waals surface area contributed by atoms with Crippen LogP contribution < -0.4 is 21.7 Å². The first kappa shape index (κ1) is 26.2. The topological polar surface area (TPSA) is 228 Å². The number of aliphatic hydroxyl groups is 2. The summed E-state index contributed by atoms with van der Waals surface area (Å²) in [4.78, 5) is 58.2. The first-order chi connectivity index (χ1) is 13.5. The van der Waals surface area contributed by atoms with Crippen LogP contribution in [0.4, 0.5) is 0 Å². The van der Waals surface area contributed by atoms with E-state index in [1.54, 1.807) is 13.8 Å². The summed E-state index contributed by atoms with van der Waals surface area (Å²) in [5, 5.41) is 42.4. The summed E-state index contributed by atoms with van der Waals surface area (Å²) in [5.74, 6) is -6.08. The van der Waals surface area contributed by atoms with Crippen LogP contribution in [0.2, 0.25) is 0 Å². The van der Waals surface area contributed by atoms with Crippen LogP contribution in [0.15, 0.2) is 0 Å². The average Bonchev–Trinajstić information content (AvgIpc) is 2.66. The molecule has 0 aliphatic heterocycles. The molecule has 13 nitrogen and oxygen atoms in total. The highest BCUT2D eigenvalue weighted by Crippen LogP contribution is 2.09. The predicted molar refractivity (Wildman–Crippen MR) is 97.3 cm³/mol. The normalized spacial score (nSPS) is 15.9. The van der Waals surface area contributed by atoms with Gasteiger partial charge in [0.1, 0.15) is 18.1 Å². The van der Waals surface area contributed by atoms with Crippen molar-refractivity contribution in [2.45, 2.75) is 50.9 Å². The number of aliphatic hydroxyl groups excluding tert-OH is 2. The Balaban J connectivity index is 5.23. The van der Waals surface area contributed by atoms with Gasteiger partial charge in [0.2, 0.25) is 17.7 Å². The van der Waals surface area contributed by atoms with Crippen molar-refractivity contribution < 1.29 is 44.4 Å². The maximum Gasteiger partial charge on any atom is 0.328 e. The van der Waals surface area contributed by atoms with Crippen molar-refractivity contribution in [1.29, 1.82) is 0 Å². The van der Waals surface area contributed by atoms with Gasteiger partial charge in [-0.2, -0.15) is 0 Å². The van der Waals surface area contributed by atoms with Gasteiger partial charge in [0.25, 0.3) is 0 Å². The molecule has 5 unspecified atom stereocenters. The van der Waals surface area contributed by atoms with Gasteiger partial charge in [-0.05, 0) is 5.92 Å². The molecule has 5 atom stereocenters. The van der Waals surface area contributed by atoms with E-state index in [0.717, 1.165) is 0 Å². The SMILES string of the molecule is CCC(C)C(NC(=O)C(CO)NC(=O)C(N)CC(=O)O)C(=O)NC(CO)C(=O)O. The molecular formula is C16H28N4O9. The van der Waals surface area contributed by atoms with E-state index in [2.05, 4.69) is 16.0 Å². The summed E-state index contributed by atoms with van der Waals surface area (Å²) in [7, 11) is 0. The minimum atomic E-state index is -1.58. The zero-order chi connectivity index (χ0) is 22.7. The first-order valence-corrected chi connectivity index (χ1v) is 8.81. The Bertz CT molecular complexity index is 613. The molecule has 166 valence electrons. The zero-order valence-corrected chi connectivity index (χ0v) is 16.1. The zero-order valence-electron chi connectivity index (χ0n) is 16.1. The molecule has 3 amide bonds. The highest BCUT2D eigenvalue weighted by molar-refractivity contribution is 5.94. The Morgan fingerprint density at radius 1 is 0.862 bits per heavy atom. The molecule has 0 aliphatic carbocycles. The number of amides is 3. The van der Waals surface area contributed by atoms with Gasteiger partial charge in [0.05, 0.1) is 25.7 Å². The summed E-state index contributed by atoms with van der Waals surface area (Å²) in [5.41, 5.74) is 5.39. The first-order valence-electron chi connectivity index (χ1n) is 8.81. The van der Waals surface area contributed by atoms with Gasteiger partial charge in [-0.25, -0.2) is 4.79 Å². The van der Waals surface area contributed by atoms with E-state index in [4.69, 9.17) is 21.1 Å². The summed E-state index contributed by atoms with van der Waals surface area (Å²) in [6, 6.07) is -5.77. The third-order valence-corrected chi connectivity index (χ3v) is 4.14. The second kappa shape index (κ2) is 12.6. The number of carboxylic acids is 2. The maximum absolute atomic E-state index is 12.4. The van der Waals surface area contributed by atoms with Crippen LogP contribution in [0.5, 0.6) is 0 Å². The molecule has 29 heavy (non-hydrogen) atoms. The lowest BCUT2D eigenvalue weighted by molar-refractivity contribution is -0.143. The number of nitrogens with two attached hydrogens (primary N) is 1. The van der Waals surface area contributed by atoms with Gasteiger partial charge < -0.3 is 42.1 Å². The fraction of sp³-hybridized carbons (Fsp3) is 0.688. The van der Waals surface area contributed by atoms with E-state index >= 15 is 0 Å². The molecule has 0 aromatic heterocycles. The molecule has 0 rings (SSSR count). The van der Waals surface area contributed by atoms with E-state index in [9.17, 15) is 29.1 Å². The van der Waals surface area contributed by atoms with Gasteiger partial charge >= 0.3 is 11.9 Å². The maximum atomic E-state index is 12.4. The second-order valence-corrected chi connectivity index (χ2v) is 6.40. The van der Waals surface area contributed by atoms with E-state index in [1.165, 1.54) is 0 Å². The third kappa shape index (κ3) is 8.85. The minimum absolute atomic E-state index is 0.412. The van der Waals surface area contributed by atoms with Crippen LogP contribution in [-0.4, -0.2) is 87.5 Å². The van der Waals surface area contributed by atoms with Crippen molar-refractivity contribution in [3.05, 3.63) is 0 Å². The van der Waals surface area contributed by atoms with Crippen molar-refractivity contribution in [3.63, 3.8) is 0 Å². The Morgan fingerprint density at radius 3 is 1.79 bits per heavy atom. The Morgan fingerprint density at radius 2 is 1.38 bits per heavy atom. The van der Waals surface area contributed by atoms with Crippen molar-refractivity contribution in [2.24, 2.45) is 11.7 Å². The monoisotopic (exact) mass is 420 g/mol. The smallest absolute Gasteiger partial charge is 0.328 e. The molecule has 0 aromatic rings. The van der Waals surface area contributed by atoms with Crippen LogP contribution in [0.25, 0.3) is 0 Å². The van der Waals surface area contributed by atoms with Gasteiger partial charge in [-0.3, -0.25) is 19.2 Å². The molecule has 0 saturated carbocycles. The Labute approximate surface area is 166 Å². The van der Waals surface area contributed by atoms with E-state index in [1.807, 2.05) is 0 Å². The van der Waals surface area contributed by atoms with E-state index in [0.29, 0.717) is 6.42 Å². The number of carboxylic acid groups (broad SMARTS) is 2. The summed E-state index contributed by atoms with van der Waals surface area (Å²) in [6.45, 7) is 1.60. The highest BCUT2D eigenvalue weighted by atomic mass is 16.4. The van der Waals surface area contributed by atoms with Crippen LogP contribution in [0.1, 0.15) is 26.7 Å². The Kier molecular flexibility index (Phi) is 11.4. The number of hydrogen-bond acceptors (Lipinski definition) is 8. The molecule has 0 aliphatic rings.